The van der Waals surface area contributed by atoms with Gasteiger partial charge in [0.15, 0.2) is 0 Å². The molecule has 1 heterocycles. The van der Waals surface area contributed by atoms with Crippen LogP contribution in [0.25, 0.3) is 0 Å². The van der Waals surface area contributed by atoms with E-state index in [1.54, 1.807) is 0 Å². The van der Waals surface area contributed by atoms with Gasteiger partial charge in [-0.25, -0.2) is 0 Å². The summed E-state index contributed by atoms with van der Waals surface area (Å²) >= 11 is 0. The summed E-state index contributed by atoms with van der Waals surface area (Å²) in [6.07, 6.45) is 5.77. The molecule has 1 amide bonds. The Morgan fingerprint density at radius 3 is 2.95 bits per heavy atom. The van der Waals surface area contributed by atoms with Gasteiger partial charge in [0.1, 0.15) is 0 Å². The zero-order chi connectivity index (χ0) is 13.9. The van der Waals surface area contributed by atoms with Crippen LogP contribution in [0.4, 0.5) is 5.69 Å². The van der Waals surface area contributed by atoms with E-state index >= 15 is 0 Å². The van der Waals surface area contributed by atoms with Crippen LogP contribution in [0.15, 0.2) is 24.3 Å². The lowest BCUT2D eigenvalue weighted by Crippen LogP contribution is -2.43. The van der Waals surface area contributed by atoms with Crippen molar-refractivity contribution >= 4 is 11.6 Å². The van der Waals surface area contributed by atoms with Gasteiger partial charge in [0, 0.05) is 18.3 Å². The number of hydrogen-bond acceptors (Lipinski definition) is 2. The van der Waals surface area contributed by atoms with Crippen LogP contribution in [-0.2, 0) is 11.2 Å². The van der Waals surface area contributed by atoms with E-state index in [9.17, 15) is 4.79 Å². The highest BCUT2D eigenvalue weighted by Crippen LogP contribution is 2.34. The number of carbonyl (C=O) groups excluding carboxylic acids is 1. The zero-order valence-electron chi connectivity index (χ0n) is 12.2. The summed E-state index contributed by atoms with van der Waals surface area (Å²) in [6, 6.07) is 8.65. The van der Waals surface area contributed by atoms with Crippen LogP contribution in [-0.4, -0.2) is 18.5 Å². The van der Waals surface area contributed by atoms with E-state index in [0.29, 0.717) is 6.04 Å². The number of fused-ring (bicyclic) bond motifs is 1. The van der Waals surface area contributed by atoms with Crippen molar-refractivity contribution < 1.29 is 4.79 Å². The fraction of sp³-hybridized carbons (Fsp3) is 0.588. The van der Waals surface area contributed by atoms with Crippen LogP contribution in [0, 0.1) is 11.8 Å². The Hall–Kier alpha value is -1.51. The Bertz CT molecular complexity index is 482. The molecule has 2 N–H and O–H groups in total. The number of rotatable bonds is 5. The van der Waals surface area contributed by atoms with Crippen LogP contribution in [0.2, 0.25) is 0 Å². The van der Waals surface area contributed by atoms with E-state index in [1.807, 2.05) is 12.1 Å². The fourth-order valence-corrected chi connectivity index (χ4v) is 3.03. The molecule has 1 aliphatic carbocycles. The van der Waals surface area contributed by atoms with Crippen LogP contribution in [0.1, 0.15) is 38.2 Å². The Morgan fingerprint density at radius 2 is 2.20 bits per heavy atom. The topological polar surface area (TPSA) is 41.1 Å². The van der Waals surface area contributed by atoms with Gasteiger partial charge in [-0.05, 0) is 36.8 Å². The molecule has 0 radical (unpaired) electrons. The van der Waals surface area contributed by atoms with Gasteiger partial charge in [0.05, 0.1) is 5.92 Å². The number of benzene rings is 1. The van der Waals surface area contributed by atoms with Gasteiger partial charge in [-0.1, -0.05) is 38.0 Å². The number of para-hydroxylation sites is 1. The SMILES string of the molecule is CCC(CC1CC1)NC(=O)C1CNc2ccccc2C1. The zero-order valence-corrected chi connectivity index (χ0v) is 12.2. The predicted molar refractivity (Wildman–Crippen MR) is 81.7 cm³/mol. The molecule has 0 aromatic heterocycles. The van der Waals surface area contributed by atoms with E-state index in [2.05, 4.69) is 29.7 Å². The molecule has 108 valence electrons. The molecule has 3 rings (SSSR count). The quantitative estimate of drug-likeness (QED) is 0.865. The van der Waals surface area contributed by atoms with Gasteiger partial charge in [-0.15, -0.1) is 0 Å². The molecule has 2 atom stereocenters. The van der Waals surface area contributed by atoms with Crippen molar-refractivity contribution in [2.24, 2.45) is 11.8 Å². The first-order chi connectivity index (χ1) is 9.76. The third-order valence-corrected chi connectivity index (χ3v) is 4.55. The maximum Gasteiger partial charge on any atom is 0.225 e. The third-order valence-electron chi connectivity index (χ3n) is 4.55. The third kappa shape index (κ3) is 3.14. The minimum absolute atomic E-state index is 0.0677. The monoisotopic (exact) mass is 272 g/mol. The van der Waals surface area contributed by atoms with E-state index in [0.717, 1.165) is 25.3 Å². The maximum absolute atomic E-state index is 12.4. The van der Waals surface area contributed by atoms with E-state index in [4.69, 9.17) is 0 Å². The average Bonchev–Trinajstić information content (AvgIpc) is 3.30. The summed E-state index contributed by atoms with van der Waals surface area (Å²) in [7, 11) is 0. The van der Waals surface area contributed by atoms with Crippen molar-refractivity contribution in [2.75, 3.05) is 11.9 Å². The first-order valence-corrected chi connectivity index (χ1v) is 7.88. The van der Waals surface area contributed by atoms with Gasteiger partial charge in [-0.2, -0.15) is 0 Å². The summed E-state index contributed by atoms with van der Waals surface area (Å²) in [5.74, 6) is 1.16. The second kappa shape index (κ2) is 5.86. The summed E-state index contributed by atoms with van der Waals surface area (Å²) in [5, 5.41) is 6.64. The molecule has 1 fully saturated rings. The number of amides is 1. The largest absolute Gasteiger partial charge is 0.384 e. The number of nitrogens with one attached hydrogen (secondary N) is 2. The molecule has 0 saturated heterocycles. The van der Waals surface area contributed by atoms with Gasteiger partial charge in [0.2, 0.25) is 5.91 Å². The number of anilines is 1. The van der Waals surface area contributed by atoms with Crippen LogP contribution >= 0.6 is 0 Å². The molecule has 0 bridgehead atoms. The highest BCUT2D eigenvalue weighted by Gasteiger charge is 2.28. The van der Waals surface area contributed by atoms with Gasteiger partial charge >= 0.3 is 0 Å². The lowest BCUT2D eigenvalue weighted by atomic mass is 9.93. The van der Waals surface area contributed by atoms with E-state index in [-0.39, 0.29) is 11.8 Å². The van der Waals surface area contributed by atoms with E-state index < -0.39 is 0 Å². The van der Waals surface area contributed by atoms with Crippen molar-refractivity contribution in [2.45, 2.75) is 45.1 Å². The fourth-order valence-electron chi connectivity index (χ4n) is 3.03. The van der Waals surface area contributed by atoms with Gasteiger partial charge in [0.25, 0.3) is 0 Å². The second-order valence-corrected chi connectivity index (χ2v) is 6.23. The predicted octanol–water partition coefficient (Wildman–Crippen LogP) is 2.97. The van der Waals surface area contributed by atoms with Crippen LogP contribution < -0.4 is 10.6 Å². The highest BCUT2D eigenvalue weighted by molar-refractivity contribution is 5.81. The highest BCUT2D eigenvalue weighted by atomic mass is 16.2. The smallest absolute Gasteiger partial charge is 0.225 e. The van der Waals surface area contributed by atoms with Crippen molar-refractivity contribution in [3.8, 4) is 0 Å². The van der Waals surface area contributed by atoms with Crippen molar-refractivity contribution in [3.63, 3.8) is 0 Å². The summed E-state index contributed by atoms with van der Waals surface area (Å²) in [4.78, 5) is 12.4. The molecule has 1 aromatic carbocycles. The first-order valence-electron chi connectivity index (χ1n) is 7.88. The molecule has 20 heavy (non-hydrogen) atoms. The van der Waals surface area contributed by atoms with Crippen molar-refractivity contribution in [3.05, 3.63) is 29.8 Å². The Labute approximate surface area is 121 Å². The number of hydrogen-bond donors (Lipinski definition) is 2. The lowest BCUT2D eigenvalue weighted by Gasteiger charge is -2.27. The van der Waals surface area contributed by atoms with Gasteiger partial charge < -0.3 is 10.6 Å². The molecule has 2 aliphatic rings. The molecule has 2 unspecified atom stereocenters. The first kappa shape index (κ1) is 13.5. The Kier molecular flexibility index (Phi) is 3.95. The second-order valence-electron chi connectivity index (χ2n) is 6.23. The molecule has 0 spiro atoms. The minimum Gasteiger partial charge on any atom is -0.384 e. The minimum atomic E-state index is 0.0677. The molecule has 3 nitrogen and oxygen atoms in total. The Morgan fingerprint density at radius 1 is 1.40 bits per heavy atom. The Balaban J connectivity index is 1.57. The molecular weight excluding hydrogens is 248 g/mol. The van der Waals surface area contributed by atoms with Crippen molar-refractivity contribution in [1.82, 2.24) is 5.32 Å². The molecule has 1 aromatic rings. The van der Waals surface area contributed by atoms with Crippen LogP contribution in [0.5, 0.6) is 0 Å². The normalized spacial score (nSPS) is 22.6. The molecule has 3 heteroatoms. The molecular formula is C17H24N2O. The summed E-state index contributed by atoms with van der Waals surface area (Å²) in [6.45, 7) is 2.92. The van der Waals surface area contributed by atoms with E-state index in [1.165, 1.54) is 30.5 Å². The average molecular weight is 272 g/mol. The molecule has 1 saturated carbocycles. The molecule has 1 aliphatic heterocycles. The summed E-state index contributed by atoms with van der Waals surface area (Å²) in [5.41, 5.74) is 2.44. The lowest BCUT2D eigenvalue weighted by molar-refractivity contribution is -0.125. The standard InChI is InChI=1S/C17H24N2O/c1-2-15(9-12-7-8-12)19-17(20)14-10-13-5-3-4-6-16(13)18-11-14/h3-6,12,14-15,18H,2,7-11H2,1H3,(H,19,20). The summed E-state index contributed by atoms with van der Waals surface area (Å²) < 4.78 is 0. The maximum atomic E-state index is 12.4. The number of carbonyl (C=O) groups is 1. The van der Waals surface area contributed by atoms with Gasteiger partial charge in [-0.3, -0.25) is 4.79 Å². The van der Waals surface area contributed by atoms with Crippen LogP contribution in [0.3, 0.4) is 0 Å². The van der Waals surface area contributed by atoms with Crippen molar-refractivity contribution in [1.29, 1.82) is 0 Å².